The van der Waals surface area contributed by atoms with Crippen LogP contribution in [-0.4, -0.2) is 25.9 Å². The third kappa shape index (κ3) is 4.18. The Balaban J connectivity index is 1.87. The van der Waals surface area contributed by atoms with Gasteiger partial charge in [-0.1, -0.05) is 6.07 Å². The lowest BCUT2D eigenvalue weighted by Crippen LogP contribution is -2.31. The Morgan fingerprint density at radius 2 is 2.32 bits per heavy atom. The highest BCUT2D eigenvalue weighted by Gasteiger charge is 2.17. The molecule has 1 aliphatic rings. The second kappa shape index (κ2) is 6.87. The van der Waals surface area contributed by atoms with Gasteiger partial charge < -0.3 is 15.2 Å². The van der Waals surface area contributed by atoms with Crippen molar-refractivity contribution in [1.29, 1.82) is 0 Å². The Bertz CT molecular complexity index is 405. The molecule has 4 heteroatoms. The van der Waals surface area contributed by atoms with Gasteiger partial charge in [-0.3, -0.25) is 0 Å². The average molecular weight is 267 g/mol. The summed E-state index contributed by atoms with van der Waals surface area (Å²) in [6, 6.07) is 5.02. The molecule has 0 spiro atoms. The molecule has 1 aromatic carbocycles. The van der Waals surface area contributed by atoms with E-state index in [0.717, 1.165) is 31.4 Å². The molecule has 0 radical (unpaired) electrons. The summed E-state index contributed by atoms with van der Waals surface area (Å²) in [7, 11) is 1.46. The Hall–Kier alpha value is -1.13. The summed E-state index contributed by atoms with van der Waals surface area (Å²) in [5.41, 5.74) is 7.03. The van der Waals surface area contributed by atoms with Gasteiger partial charge in [-0.05, 0) is 49.8 Å². The van der Waals surface area contributed by atoms with Crippen molar-refractivity contribution in [3.8, 4) is 5.75 Å². The molecule has 0 aromatic heterocycles. The minimum atomic E-state index is -0.332. The minimum absolute atomic E-state index is 0.0101. The predicted octanol–water partition coefficient (Wildman–Crippen LogP) is 2.66. The van der Waals surface area contributed by atoms with Crippen molar-refractivity contribution in [3.05, 3.63) is 29.6 Å². The largest absolute Gasteiger partial charge is 0.494 e. The van der Waals surface area contributed by atoms with Crippen LogP contribution in [0.15, 0.2) is 18.2 Å². The van der Waals surface area contributed by atoms with E-state index >= 15 is 0 Å². The zero-order chi connectivity index (χ0) is 13.7. The van der Waals surface area contributed by atoms with Gasteiger partial charge in [0.05, 0.1) is 13.2 Å². The molecule has 1 heterocycles. The van der Waals surface area contributed by atoms with Crippen LogP contribution in [0, 0.1) is 5.82 Å². The number of methoxy groups -OCH3 is 1. The normalized spacial score (nSPS) is 21.1. The van der Waals surface area contributed by atoms with E-state index < -0.39 is 0 Å². The molecule has 0 amide bonds. The van der Waals surface area contributed by atoms with Crippen molar-refractivity contribution in [2.75, 3.05) is 13.7 Å². The first-order valence-electron chi connectivity index (χ1n) is 6.88. The van der Waals surface area contributed by atoms with E-state index in [-0.39, 0.29) is 23.7 Å². The minimum Gasteiger partial charge on any atom is -0.494 e. The molecule has 1 fully saturated rings. The molecule has 0 saturated carbocycles. The predicted molar refractivity (Wildman–Crippen MR) is 72.8 cm³/mol. The zero-order valence-electron chi connectivity index (χ0n) is 11.4. The molecule has 1 aliphatic heterocycles. The van der Waals surface area contributed by atoms with Crippen LogP contribution in [0.2, 0.25) is 0 Å². The van der Waals surface area contributed by atoms with Crippen LogP contribution >= 0.6 is 0 Å². The molecule has 2 N–H and O–H groups in total. The van der Waals surface area contributed by atoms with Crippen LogP contribution in [0.1, 0.15) is 31.2 Å². The third-order valence-corrected chi connectivity index (χ3v) is 3.55. The first kappa shape index (κ1) is 14.3. The van der Waals surface area contributed by atoms with Crippen molar-refractivity contribution in [2.24, 2.45) is 5.73 Å². The van der Waals surface area contributed by atoms with Gasteiger partial charge in [-0.25, -0.2) is 4.39 Å². The number of nitrogens with two attached hydrogens (primary N) is 1. The molecule has 0 aliphatic carbocycles. The fraction of sp³-hybridized carbons (Fsp3) is 0.600. The summed E-state index contributed by atoms with van der Waals surface area (Å²) < 4.78 is 24.1. The molecule has 1 aromatic rings. The fourth-order valence-corrected chi connectivity index (χ4v) is 2.55. The SMILES string of the molecule is COc1ccc(CC(N)CC2CCCCO2)cc1F. The van der Waals surface area contributed by atoms with Gasteiger partial charge in [0, 0.05) is 12.6 Å². The van der Waals surface area contributed by atoms with E-state index in [1.165, 1.54) is 19.6 Å². The number of ether oxygens (including phenoxy) is 2. The van der Waals surface area contributed by atoms with Crippen molar-refractivity contribution >= 4 is 0 Å². The van der Waals surface area contributed by atoms with E-state index in [2.05, 4.69) is 0 Å². The van der Waals surface area contributed by atoms with Gasteiger partial charge in [0.1, 0.15) is 0 Å². The van der Waals surface area contributed by atoms with Crippen molar-refractivity contribution in [2.45, 2.75) is 44.2 Å². The summed E-state index contributed by atoms with van der Waals surface area (Å²) in [4.78, 5) is 0. The summed E-state index contributed by atoms with van der Waals surface area (Å²) in [6.45, 7) is 0.842. The molecule has 2 atom stereocenters. The van der Waals surface area contributed by atoms with Gasteiger partial charge in [0.2, 0.25) is 0 Å². The van der Waals surface area contributed by atoms with Crippen LogP contribution in [0.5, 0.6) is 5.75 Å². The Morgan fingerprint density at radius 1 is 1.47 bits per heavy atom. The van der Waals surface area contributed by atoms with Crippen LogP contribution in [0.25, 0.3) is 0 Å². The molecule has 2 unspecified atom stereocenters. The third-order valence-electron chi connectivity index (χ3n) is 3.55. The van der Waals surface area contributed by atoms with E-state index in [0.29, 0.717) is 6.42 Å². The lowest BCUT2D eigenvalue weighted by molar-refractivity contribution is 0.00747. The maximum absolute atomic E-state index is 13.6. The quantitative estimate of drug-likeness (QED) is 0.892. The topological polar surface area (TPSA) is 44.5 Å². The van der Waals surface area contributed by atoms with Crippen LogP contribution in [0.4, 0.5) is 4.39 Å². The average Bonchev–Trinajstić information content (AvgIpc) is 2.40. The molecule has 2 rings (SSSR count). The number of hydrogen-bond acceptors (Lipinski definition) is 3. The van der Waals surface area contributed by atoms with E-state index in [9.17, 15) is 4.39 Å². The Morgan fingerprint density at radius 3 is 2.95 bits per heavy atom. The van der Waals surface area contributed by atoms with Gasteiger partial charge in [0.25, 0.3) is 0 Å². The van der Waals surface area contributed by atoms with E-state index in [1.807, 2.05) is 6.07 Å². The standard InChI is InChI=1S/C15H22FNO2/c1-18-15-6-5-11(9-14(15)16)8-12(17)10-13-4-2-3-7-19-13/h5-6,9,12-13H,2-4,7-8,10,17H2,1H3. The van der Waals surface area contributed by atoms with Crippen LogP contribution in [0.3, 0.4) is 0 Å². The second-order valence-electron chi connectivity index (χ2n) is 5.16. The Kier molecular flexibility index (Phi) is 5.16. The number of halogens is 1. The number of rotatable bonds is 5. The first-order chi connectivity index (χ1) is 9.19. The number of hydrogen-bond donors (Lipinski definition) is 1. The smallest absolute Gasteiger partial charge is 0.165 e. The summed E-state index contributed by atoms with van der Waals surface area (Å²) >= 11 is 0. The van der Waals surface area contributed by atoms with E-state index in [4.69, 9.17) is 15.2 Å². The second-order valence-corrected chi connectivity index (χ2v) is 5.16. The highest BCUT2D eigenvalue weighted by molar-refractivity contribution is 5.29. The van der Waals surface area contributed by atoms with Gasteiger partial charge >= 0.3 is 0 Å². The molecule has 0 bridgehead atoms. The molecular weight excluding hydrogens is 245 g/mol. The maximum Gasteiger partial charge on any atom is 0.165 e. The summed E-state index contributed by atoms with van der Waals surface area (Å²) in [5, 5.41) is 0. The Labute approximate surface area is 113 Å². The van der Waals surface area contributed by atoms with Gasteiger partial charge in [-0.15, -0.1) is 0 Å². The van der Waals surface area contributed by atoms with Gasteiger partial charge in [-0.2, -0.15) is 0 Å². The summed E-state index contributed by atoms with van der Waals surface area (Å²) in [6.07, 6.45) is 5.23. The van der Waals surface area contributed by atoms with Gasteiger partial charge in [0.15, 0.2) is 11.6 Å². The van der Waals surface area contributed by atoms with Crippen molar-refractivity contribution in [3.63, 3.8) is 0 Å². The van der Waals surface area contributed by atoms with Crippen molar-refractivity contribution < 1.29 is 13.9 Å². The lowest BCUT2D eigenvalue weighted by atomic mass is 9.97. The first-order valence-corrected chi connectivity index (χ1v) is 6.88. The maximum atomic E-state index is 13.6. The molecule has 106 valence electrons. The lowest BCUT2D eigenvalue weighted by Gasteiger charge is -2.25. The highest BCUT2D eigenvalue weighted by Crippen LogP contribution is 2.21. The molecular formula is C15H22FNO2. The van der Waals surface area contributed by atoms with Crippen molar-refractivity contribution in [1.82, 2.24) is 0 Å². The molecule has 1 saturated heterocycles. The monoisotopic (exact) mass is 267 g/mol. The fourth-order valence-electron chi connectivity index (χ4n) is 2.55. The summed E-state index contributed by atoms with van der Waals surface area (Å²) in [5.74, 6) is -0.0611. The van der Waals surface area contributed by atoms with Crippen LogP contribution in [-0.2, 0) is 11.2 Å². The van der Waals surface area contributed by atoms with E-state index in [1.54, 1.807) is 6.07 Å². The molecule has 3 nitrogen and oxygen atoms in total. The highest BCUT2D eigenvalue weighted by atomic mass is 19.1. The van der Waals surface area contributed by atoms with Crippen LogP contribution < -0.4 is 10.5 Å². The number of benzene rings is 1. The zero-order valence-corrected chi connectivity index (χ0v) is 11.4. The molecule has 19 heavy (non-hydrogen) atoms.